The number of alkyl halides is 2. The second-order valence-corrected chi connectivity index (χ2v) is 7.48. The van der Waals surface area contributed by atoms with Crippen molar-refractivity contribution in [2.24, 2.45) is 5.92 Å². The van der Waals surface area contributed by atoms with Crippen LogP contribution in [0.4, 0.5) is 5.69 Å². The molecule has 1 amide bonds. The van der Waals surface area contributed by atoms with Gasteiger partial charge in [0.15, 0.2) is 11.1 Å². The number of nitro benzene ring substituents is 1. The lowest BCUT2D eigenvalue weighted by Gasteiger charge is -2.45. The topological polar surface area (TPSA) is 147 Å². The number of hydrogen-bond acceptors (Lipinski definition) is 7. The highest BCUT2D eigenvalue weighted by atomic mass is 35.5. The van der Waals surface area contributed by atoms with Crippen LogP contribution in [0.25, 0.3) is 0 Å². The van der Waals surface area contributed by atoms with E-state index in [1.165, 1.54) is 24.3 Å². The highest BCUT2D eigenvalue weighted by Gasteiger charge is 2.72. The largest absolute Gasteiger partial charge is 0.479 e. The van der Waals surface area contributed by atoms with Crippen LogP contribution in [0.15, 0.2) is 36.1 Å². The van der Waals surface area contributed by atoms with Gasteiger partial charge in [-0.15, -0.1) is 0 Å². The van der Waals surface area contributed by atoms with E-state index in [0.29, 0.717) is 5.56 Å². The number of amides is 1. The lowest BCUT2D eigenvalue weighted by Crippen LogP contribution is -2.71. The molecule has 0 radical (unpaired) electrons. The number of aliphatic carboxylic acids is 1. The zero-order valence-corrected chi connectivity index (χ0v) is 16.0. The molecule has 1 aromatic carbocycles. The van der Waals surface area contributed by atoms with E-state index in [4.69, 9.17) is 27.9 Å². The SMILES string of the molecule is O=C1C(Cc2ccc([N+](=O)[O-])cc2)[C@H]2O/C(=C\CO)[C@](C(=O)O)(C(=O)C(Cl)Cl)N12. The number of carboxylic acids is 1. The summed E-state index contributed by atoms with van der Waals surface area (Å²) in [7, 11) is 0. The minimum Gasteiger partial charge on any atom is -0.479 e. The molecule has 2 N–H and O–H groups in total. The first kappa shape index (κ1) is 21.0. The van der Waals surface area contributed by atoms with Crippen molar-refractivity contribution in [3.05, 3.63) is 51.8 Å². The Balaban J connectivity index is 1.93. The van der Waals surface area contributed by atoms with Crippen molar-refractivity contribution in [1.82, 2.24) is 4.90 Å². The number of nitrogens with zero attached hydrogens (tertiary/aromatic N) is 2. The monoisotopic (exact) mass is 444 g/mol. The summed E-state index contributed by atoms with van der Waals surface area (Å²) in [6, 6.07) is 5.49. The Morgan fingerprint density at radius 1 is 1.34 bits per heavy atom. The number of aliphatic hydroxyl groups excluding tert-OH is 1. The van der Waals surface area contributed by atoms with Gasteiger partial charge in [0.25, 0.3) is 11.2 Å². The first-order valence-electron chi connectivity index (χ1n) is 8.26. The normalized spacial score (nSPS) is 26.8. The highest BCUT2D eigenvalue weighted by molar-refractivity contribution is 6.56. The van der Waals surface area contributed by atoms with Gasteiger partial charge in [-0.05, 0) is 18.1 Å². The Bertz CT molecular complexity index is 917. The number of carbonyl (C=O) groups is 3. The Morgan fingerprint density at radius 2 is 1.97 bits per heavy atom. The molecular formula is C17H14Cl2N2O8. The number of Topliss-reactive ketones (excluding diaryl/α,β-unsaturated/α-hetero) is 1. The second kappa shape index (κ2) is 7.62. The van der Waals surface area contributed by atoms with E-state index in [2.05, 4.69) is 0 Å². The zero-order valence-electron chi connectivity index (χ0n) is 14.5. The number of carbonyl (C=O) groups excluding carboxylic acids is 2. The number of fused-ring (bicyclic) bond motifs is 1. The molecule has 2 heterocycles. The maximum atomic E-state index is 12.8. The lowest BCUT2D eigenvalue weighted by atomic mass is 9.82. The minimum atomic E-state index is -2.56. The van der Waals surface area contributed by atoms with E-state index in [9.17, 15) is 34.7 Å². The van der Waals surface area contributed by atoms with Gasteiger partial charge in [-0.3, -0.25) is 24.6 Å². The molecule has 1 aromatic rings. The fourth-order valence-electron chi connectivity index (χ4n) is 3.54. The average Bonchev–Trinajstić information content (AvgIpc) is 2.98. The first-order chi connectivity index (χ1) is 13.7. The van der Waals surface area contributed by atoms with E-state index >= 15 is 0 Å². The molecule has 154 valence electrons. The summed E-state index contributed by atoms with van der Waals surface area (Å²) in [6.07, 6.45) is -0.0291. The number of non-ortho nitro benzene ring substituents is 1. The van der Waals surface area contributed by atoms with Crippen molar-refractivity contribution in [1.29, 1.82) is 0 Å². The number of carboxylic acid groups (broad SMARTS) is 1. The Morgan fingerprint density at radius 3 is 2.45 bits per heavy atom. The van der Waals surface area contributed by atoms with Gasteiger partial charge >= 0.3 is 5.97 Å². The predicted octanol–water partition coefficient (Wildman–Crippen LogP) is 1.02. The molecule has 2 aliphatic heterocycles. The van der Waals surface area contributed by atoms with Gasteiger partial charge in [-0.1, -0.05) is 35.3 Å². The first-order valence-corrected chi connectivity index (χ1v) is 9.14. The van der Waals surface area contributed by atoms with Crippen molar-refractivity contribution < 1.29 is 34.3 Å². The number of halogens is 2. The summed E-state index contributed by atoms with van der Waals surface area (Å²) < 4.78 is 5.55. The summed E-state index contributed by atoms with van der Waals surface area (Å²) in [5.74, 6) is -4.85. The van der Waals surface area contributed by atoms with Crippen LogP contribution in [-0.2, 0) is 25.5 Å². The number of ether oxygens (including phenoxy) is 1. The molecule has 2 aliphatic rings. The quantitative estimate of drug-likeness (QED) is 0.208. The number of rotatable bonds is 7. The van der Waals surface area contributed by atoms with Gasteiger partial charge in [-0.25, -0.2) is 4.79 Å². The van der Waals surface area contributed by atoms with Crippen LogP contribution in [0.1, 0.15) is 5.56 Å². The molecule has 2 fully saturated rings. The molecule has 0 saturated carbocycles. The molecule has 3 rings (SSSR count). The van der Waals surface area contributed by atoms with Gasteiger partial charge in [0.1, 0.15) is 5.76 Å². The predicted molar refractivity (Wildman–Crippen MR) is 98.0 cm³/mol. The van der Waals surface area contributed by atoms with Crippen molar-refractivity contribution >= 4 is 46.5 Å². The Hall–Kier alpha value is -2.69. The summed E-state index contributed by atoms with van der Waals surface area (Å²) >= 11 is 11.2. The van der Waals surface area contributed by atoms with Gasteiger partial charge in [-0.2, -0.15) is 0 Å². The maximum absolute atomic E-state index is 12.8. The molecule has 1 unspecified atom stereocenters. The number of hydrogen-bond donors (Lipinski definition) is 2. The molecule has 0 spiro atoms. The third-order valence-corrected chi connectivity index (χ3v) is 5.26. The van der Waals surface area contributed by atoms with Crippen molar-refractivity contribution in [2.45, 2.75) is 23.0 Å². The number of nitro groups is 1. The van der Waals surface area contributed by atoms with Crippen molar-refractivity contribution in [3.8, 4) is 0 Å². The Labute approximate surface area is 173 Å². The summed E-state index contributed by atoms with van der Waals surface area (Å²) in [5, 5.41) is 29.7. The number of β-lactam (4-membered cyclic amide) rings is 1. The van der Waals surface area contributed by atoms with Crippen LogP contribution >= 0.6 is 23.2 Å². The number of ketones is 1. The molecule has 0 aromatic heterocycles. The van der Waals surface area contributed by atoms with Crippen LogP contribution < -0.4 is 0 Å². The van der Waals surface area contributed by atoms with Crippen LogP contribution in [0.2, 0.25) is 0 Å². The van der Waals surface area contributed by atoms with E-state index in [1.54, 1.807) is 0 Å². The van der Waals surface area contributed by atoms with Crippen molar-refractivity contribution in [2.75, 3.05) is 6.61 Å². The summed E-state index contributed by atoms with van der Waals surface area (Å²) in [6.45, 7) is -0.644. The molecule has 0 aliphatic carbocycles. The fraction of sp³-hybridized carbons (Fsp3) is 0.353. The number of benzene rings is 1. The molecule has 3 atom stereocenters. The van der Waals surface area contributed by atoms with Gasteiger partial charge in [0.2, 0.25) is 11.7 Å². The highest BCUT2D eigenvalue weighted by Crippen LogP contribution is 2.49. The maximum Gasteiger partial charge on any atom is 0.345 e. The molecule has 2 saturated heterocycles. The average molecular weight is 445 g/mol. The molecular weight excluding hydrogens is 431 g/mol. The van der Waals surface area contributed by atoms with E-state index in [1.807, 2.05) is 0 Å². The van der Waals surface area contributed by atoms with Crippen LogP contribution in [0.5, 0.6) is 0 Å². The lowest BCUT2D eigenvalue weighted by molar-refractivity contribution is -0.384. The van der Waals surface area contributed by atoms with E-state index in [0.717, 1.165) is 11.0 Å². The second-order valence-electron chi connectivity index (χ2n) is 6.38. The van der Waals surface area contributed by atoms with Gasteiger partial charge in [0.05, 0.1) is 17.4 Å². The van der Waals surface area contributed by atoms with Gasteiger partial charge < -0.3 is 14.9 Å². The smallest absolute Gasteiger partial charge is 0.345 e. The third kappa shape index (κ3) is 3.13. The van der Waals surface area contributed by atoms with E-state index in [-0.39, 0.29) is 12.1 Å². The summed E-state index contributed by atoms with van der Waals surface area (Å²) in [5.41, 5.74) is -2.10. The minimum absolute atomic E-state index is 0.0967. The zero-order chi connectivity index (χ0) is 21.5. The van der Waals surface area contributed by atoms with Crippen LogP contribution in [0.3, 0.4) is 0 Å². The Kier molecular flexibility index (Phi) is 5.52. The van der Waals surface area contributed by atoms with Crippen LogP contribution in [-0.4, -0.2) is 60.9 Å². The molecule has 10 nitrogen and oxygen atoms in total. The van der Waals surface area contributed by atoms with E-state index < -0.39 is 57.5 Å². The van der Waals surface area contributed by atoms with Crippen molar-refractivity contribution in [3.63, 3.8) is 0 Å². The molecule has 0 bridgehead atoms. The number of aliphatic hydroxyl groups is 1. The standard InChI is InChI=1S/C17H14Cl2N2O8/c18-13(19)12(23)17(16(25)26)11(5-6-22)29-15-10(14(24)20(15)17)7-8-1-3-9(4-2-8)21(27)28/h1-5,10,13,15,22H,6-7H2,(H,25,26)/b11-5-/t10?,15-,17-/m1/s1. The third-order valence-electron chi connectivity index (χ3n) is 4.86. The summed E-state index contributed by atoms with van der Waals surface area (Å²) in [4.78, 5) is 46.6. The van der Waals surface area contributed by atoms with Gasteiger partial charge in [0, 0.05) is 12.1 Å². The fourth-order valence-corrected chi connectivity index (χ4v) is 3.85. The van der Waals surface area contributed by atoms with Crippen LogP contribution in [0, 0.1) is 16.0 Å². The molecule has 12 heteroatoms. The molecule has 29 heavy (non-hydrogen) atoms.